The van der Waals surface area contributed by atoms with Gasteiger partial charge in [-0.15, -0.1) is 11.8 Å². The van der Waals surface area contributed by atoms with Crippen LogP contribution in [0.3, 0.4) is 0 Å². The molecule has 0 aromatic heterocycles. The molecular formula is C11H11O. The van der Waals surface area contributed by atoms with Crippen molar-refractivity contribution in [3.8, 4) is 17.6 Å². The maximum Gasteiger partial charge on any atom is 0.119 e. The van der Waals surface area contributed by atoms with Crippen LogP contribution in [-0.4, -0.2) is 6.61 Å². The van der Waals surface area contributed by atoms with Crippen LogP contribution in [0.2, 0.25) is 0 Å². The SMILES string of the molecule is CC#CCCOc1c[c]ccc1. The van der Waals surface area contributed by atoms with Gasteiger partial charge in [0.25, 0.3) is 0 Å². The van der Waals surface area contributed by atoms with Gasteiger partial charge in [-0.1, -0.05) is 12.1 Å². The van der Waals surface area contributed by atoms with E-state index in [-0.39, 0.29) is 0 Å². The van der Waals surface area contributed by atoms with Crippen molar-refractivity contribution in [1.29, 1.82) is 0 Å². The molecule has 0 aliphatic rings. The van der Waals surface area contributed by atoms with E-state index in [0.717, 1.165) is 12.2 Å². The molecule has 12 heavy (non-hydrogen) atoms. The highest BCUT2D eigenvalue weighted by Crippen LogP contribution is 2.07. The Morgan fingerprint density at radius 2 is 2.50 bits per heavy atom. The highest BCUT2D eigenvalue weighted by Gasteiger charge is 1.88. The van der Waals surface area contributed by atoms with E-state index in [1.807, 2.05) is 31.2 Å². The fourth-order valence-electron chi connectivity index (χ4n) is 0.812. The summed E-state index contributed by atoms with van der Waals surface area (Å²) in [5.41, 5.74) is 0. The molecule has 0 aliphatic carbocycles. The quantitative estimate of drug-likeness (QED) is 0.485. The van der Waals surface area contributed by atoms with Gasteiger partial charge in [0, 0.05) is 6.42 Å². The van der Waals surface area contributed by atoms with Crippen LogP contribution in [0.1, 0.15) is 13.3 Å². The first kappa shape index (κ1) is 8.67. The van der Waals surface area contributed by atoms with Crippen molar-refractivity contribution >= 4 is 0 Å². The van der Waals surface area contributed by atoms with Crippen molar-refractivity contribution in [2.75, 3.05) is 6.61 Å². The first-order chi connectivity index (χ1) is 5.93. The smallest absolute Gasteiger partial charge is 0.119 e. The van der Waals surface area contributed by atoms with Gasteiger partial charge in [-0.05, 0) is 25.1 Å². The summed E-state index contributed by atoms with van der Waals surface area (Å²) in [6.07, 6.45) is 0.783. The molecule has 0 saturated heterocycles. The number of rotatable bonds is 3. The fraction of sp³-hybridized carbons (Fsp3) is 0.273. The lowest BCUT2D eigenvalue weighted by molar-refractivity contribution is 0.327. The molecule has 1 rings (SSSR count). The molecule has 1 radical (unpaired) electrons. The minimum Gasteiger partial charge on any atom is -0.493 e. The zero-order chi connectivity index (χ0) is 8.65. The van der Waals surface area contributed by atoms with Gasteiger partial charge in [0.05, 0.1) is 6.61 Å². The molecule has 0 atom stereocenters. The predicted molar refractivity (Wildman–Crippen MR) is 48.8 cm³/mol. The summed E-state index contributed by atoms with van der Waals surface area (Å²) in [5, 5.41) is 0. The summed E-state index contributed by atoms with van der Waals surface area (Å²) in [7, 11) is 0. The minimum atomic E-state index is 0.651. The van der Waals surface area contributed by atoms with Crippen molar-refractivity contribution in [3.63, 3.8) is 0 Å². The molecule has 61 valence electrons. The third-order valence-corrected chi connectivity index (χ3v) is 1.35. The third kappa shape index (κ3) is 3.12. The minimum absolute atomic E-state index is 0.651. The van der Waals surface area contributed by atoms with E-state index in [9.17, 15) is 0 Å². The molecule has 0 fully saturated rings. The second kappa shape index (κ2) is 5.26. The standard InChI is InChI=1S/C11H11O/c1-2-3-7-10-12-11-8-5-4-6-9-11/h4-5,8-9H,7,10H2,1H3. The fourth-order valence-corrected chi connectivity index (χ4v) is 0.812. The van der Waals surface area contributed by atoms with E-state index in [4.69, 9.17) is 4.74 Å². The summed E-state index contributed by atoms with van der Waals surface area (Å²) in [6.45, 7) is 2.48. The van der Waals surface area contributed by atoms with Crippen LogP contribution in [0.5, 0.6) is 5.75 Å². The van der Waals surface area contributed by atoms with Gasteiger partial charge in [0.15, 0.2) is 0 Å². The van der Waals surface area contributed by atoms with Gasteiger partial charge >= 0.3 is 0 Å². The summed E-state index contributed by atoms with van der Waals surface area (Å²) < 4.78 is 5.37. The maximum absolute atomic E-state index is 5.37. The average Bonchev–Trinajstić information content (AvgIpc) is 2.14. The van der Waals surface area contributed by atoms with Gasteiger partial charge in [-0.2, -0.15) is 0 Å². The Morgan fingerprint density at radius 1 is 1.58 bits per heavy atom. The van der Waals surface area contributed by atoms with Crippen LogP contribution < -0.4 is 4.74 Å². The van der Waals surface area contributed by atoms with E-state index >= 15 is 0 Å². The highest BCUT2D eigenvalue weighted by molar-refractivity contribution is 5.20. The summed E-state index contributed by atoms with van der Waals surface area (Å²) in [4.78, 5) is 0. The van der Waals surface area contributed by atoms with Gasteiger partial charge in [0.1, 0.15) is 5.75 Å². The lowest BCUT2D eigenvalue weighted by Gasteiger charge is -2.01. The van der Waals surface area contributed by atoms with E-state index in [1.165, 1.54) is 0 Å². The lowest BCUT2D eigenvalue weighted by Crippen LogP contribution is -1.94. The number of hydrogen-bond acceptors (Lipinski definition) is 1. The Hall–Kier alpha value is -1.42. The Balaban J connectivity index is 2.27. The van der Waals surface area contributed by atoms with Crippen molar-refractivity contribution in [1.82, 2.24) is 0 Å². The molecule has 0 amide bonds. The first-order valence-corrected chi connectivity index (χ1v) is 3.92. The van der Waals surface area contributed by atoms with Crippen LogP contribution in [-0.2, 0) is 0 Å². The highest BCUT2D eigenvalue weighted by atomic mass is 16.5. The normalized spacial score (nSPS) is 8.42. The molecule has 0 unspecified atom stereocenters. The molecular weight excluding hydrogens is 148 g/mol. The second-order valence-corrected chi connectivity index (χ2v) is 2.26. The lowest BCUT2D eigenvalue weighted by atomic mass is 10.3. The van der Waals surface area contributed by atoms with Crippen molar-refractivity contribution in [3.05, 3.63) is 30.3 Å². The third-order valence-electron chi connectivity index (χ3n) is 1.35. The first-order valence-electron chi connectivity index (χ1n) is 3.92. The monoisotopic (exact) mass is 159 g/mol. The van der Waals surface area contributed by atoms with Crippen LogP contribution in [0.15, 0.2) is 24.3 Å². The van der Waals surface area contributed by atoms with Crippen LogP contribution in [0.4, 0.5) is 0 Å². The molecule has 1 heteroatoms. The van der Waals surface area contributed by atoms with Crippen molar-refractivity contribution in [2.24, 2.45) is 0 Å². The predicted octanol–water partition coefficient (Wildman–Crippen LogP) is 2.28. The van der Waals surface area contributed by atoms with Gasteiger partial charge in [-0.3, -0.25) is 0 Å². The molecule has 0 heterocycles. The van der Waals surface area contributed by atoms with Crippen molar-refractivity contribution < 1.29 is 4.74 Å². The zero-order valence-electron chi connectivity index (χ0n) is 7.13. The summed E-state index contributed by atoms with van der Waals surface area (Å²) >= 11 is 0. The molecule has 1 nitrogen and oxygen atoms in total. The van der Waals surface area contributed by atoms with Crippen molar-refractivity contribution in [2.45, 2.75) is 13.3 Å². The van der Waals surface area contributed by atoms with Crippen LogP contribution in [0, 0.1) is 17.9 Å². The van der Waals surface area contributed by atoms with Gasteiger partial charge in [0.2, 0.25) is 0 Å². The molecule has 0 spiro atoms. The average molecular weight is 159 g/mol. The number of ether oxygens (including phenoxy) is 1. The van der Waals surface area contributed by atoms with E-state index in [1.54, 1.807) is 0 Å². The molecule has 0 N–H and O–H groups in total. The zero-order valence-corrected chi connectivity index (χ0v) is 7.13. The second-order valence-electron chi connectivity index (χ2n) is 2.26. The van der Waals surface area contributed by atoms with E-state index in [2.05, 4.69) is 17.9 Å². The summed E-state index contributed by atoms with van der Waals surface area (Å²) in [5.74, 6) is 6.61. The number of hydrogen-bond donors (Lipinski definition) is 0. The summed E-state index contributed by atoms with van der Waals surface area (Å²) in [6, 6.07) is 10.4. The Kier molecular flexibility index (Phi) is 3.80. The molecule has 1 aromatic carbocycles. The van der Waals surface area contributed by atoms with Crippen LogP contribution in [0.25, 0.3) is 0 Å². The van der Waals surface area contributed by atoms with E-state index < -0.39 is 0 Å². The Labute approximate surface area is 73.4 Å². The number of benzene rings is 1. The van der Waals surface area contributed by atoms with Gasteiger partial charge < -0.3 is 4.74 Å². The van der Waals surface area contributed by atoms with E-state index in [0.29, 0.717) is 6.61 Å². The largest absolute Gasteiger partial charge is 0.493 e. The van der Waals surface area contributed by atoms with Crippen LogP contribution >= 0.6 is 0 Å². The molecule has 0 aliphatic heterocycles. The topological polar surface area (TPSA) is 9.23 Å². The molecule has 1 aromatic rings. The molecule has 0 saturated carbocycles. The van der Waals surface area contributed by atoms with Gasteiger partial charge in [-0.25, -0.2) is 0 Å². The Morgan fingerprint density at radius 3 is 3.17 bits per heavy atom. The Bertz CT molecular complexity index is 266. The maximum atomic E-state index is 5.37. The molecule has 0 bridgehead atoms.